The predicted molar refractivity (Wildman–Crippen MR) is 54.9 cm³/mol. The van der Waals surface area contributed by atoms with E-state index in [0.29, 0.717) is 16.9 Å². The fourth-order valence-corrected chi connectivity index (χ4v) is 1.81. The van der Waals surface area contributed by atoms with Gasteiger partial charge in [0.05, 0.1) is 6.61 Å². The minimum atomic E-state index is -1.47. The number of carboxylic acids is 1. The highest BCUT2D eigenvalue weighted by atomic mass is 19.1. The van der Waals surface area contributed by atoms with Crippen molar-refractivity contribution in [1.82, 2.24) is 0 Å². The van der Waals surface area contributed by atoms with E-state index in [0.717, 1.165) is 0 Å². The first-order chi connectivity index (χ1) is 7.58. The lowest BCUT2D eigenvalue weighted by Crippen LogP contribution is -2.48. The van der Waals surface area contributed by atoms with Crippen molar-refractivity contribution < 1.29 is 19.0 Å². The van der Waals surface area contributed by atoms with Gasteiger partial charge in [-0.05, 0) is 17.7 Å². The van der Waals surface area contributed by atoms with E-state index >= 15 is 0 Å². The number of nitrogens with two attached hydrogens (primary N) is 1. The molecule has 0 fully saturated rings. The Bertz CT molecular complexity index is 435. The lowest BCUT2D eigenvalue weighted by atomic mass is 9.85. The molecular weight excluding hydrogens is 213 g/mol. The molecule has 0 amide bonds. The Morgan fingerprint density at radius 2 is 2.38 bits per heavy atom. The van der Waals surface area contributed by atoms with Crippen LogP contribution in [0.5, 0.6) is 5.75 Å². The van der Waals surface area contributed by atoms with Crippen molar-refractivity contribution in [3.8, 4) is 5.75 Å². The van der Waals surface area contributed by atoms with Crippen LogP contribution in [0.1, 0.15) is 17.5 Å². The molecule has 16 heavy (non-hydrogen) atoms. The molecule has 1 atom stereocenters. The third-order valence-corrected chi connectivity index (χ3v) is 2.81. The largest absolute Gasteiger partial charge is 0.493 e. The number of carboxylic acid groups (broad SMARTS) is 1. The Morgan fingerprint density at radius 1 is 1.62 bits per heavy atom. The lowest BCUT2D eigenvalue weighted by Gasteiger charge is -2.32. The highest BCUT2D eigenvalue weighted by Gasteiger charge is 2.41. The molecule has 0 radical (unpaired) electrons. The molecule has 0 aromatic heterocycles. The van der Waals surface area contributed by atoms with Crippen molar-refractivity contribution in [2.45, 2.75) is 18.6 Å². The van der Waals surface area contributed by atoms with Gasteiger partial charge in [-0.3, -0.25) is 0 Å². The van der Waals surface area contributed by atoms with E-state index in [1.54, 1.807) is 12.1 Å². The molecule has 0 unspecified atom stereocenters. The molecule has 3 N–H and O–H groups in total. The van der Waals surface area contributed by atoms with Gasteiger partial charge in [0.25, 0.3) is 0 Å². The molecule has 2 rings (SSSR count). The molecular formula is C11H12FNO3. The summed E-state index contributed by atoms with van der Waals surface area (Å²) in [5.41, 5.74) is 5.11. The number of aliphatic carboxylic acids is 1. The number of rotatable bonds is 2. The van der Waals surface area contributed by atoms with E-state index in [1.807, 2.05) is 0 Å². The Balaban J connectivity index is 2.55. The Morgan fingerprint density at radius 3 is 3.00 bits per heavy atom. The minimum absolute atomic E-state index is 0.186. The number of alkyl halides is 1. The maximum absolute atomic E-state index is 12.5. The summed E-state index contributed by atoms with van der Waals surface area (Å²) < 4.78 is 17.8. The average molecular weight is 225 g/mol. The number of carbonyl (C=O) groups is 1. The van der Waals surface area contributed by atoms with Crippen LogP contribution in [0, 0.1) is 0 Å². The monoisotopic (exact) mass is 225 g/mol. The highest BCUT2D eigenvalue weighted by Crippen LogP contribution is 2.36. The summed E-state index contributed by atoms with van der Waals surface area (Å²) in [6.07, 6.45) is 0.186. The van der Waals surface area contributed by atoms with Crippen LogP contribution in [0.2, 0.25) is 0 Å². The van der Waals surface area contributed by atoms with Crippen LogP contribution >= 0.6 is 0 Å². The molecule has 1 aliphatic heterocycles. The van der Waals surface area contributed by atoms with Crippen LogP contribution in [0.4, 0.5) is 4.39 Å². The van der Waals surface area contributed by atoms with E-state index in [9.17, 15) is 9.18 Å². The number of hydrogen-bond acceptors (Lipinski definition) is 3. The number of fused-ring (bicyclic) bond motifs is 1. The molecule has 1 aromatic carbocycles. The first-order valence-electron chi connectivity index (χ1n) is 4.92. The zero-order valence-electron chi connectivity index (χ0n) is 8.57. The molecule has 86 valence electrons. The van der Waals surface area contributed by atoms with Crippen molar-refractivity contribution in [3.05, 3.63) is 29.3 Å². The number of benzene rings is 1. The van der Waals surface area contributed by atoms with Crippen LogP contribution in [0.25, 0.3) is 0 Å². The van der Waals surface area contributed by atoms with Gasteiger partial charge < -0.3 is 15.6 Å². The quantitative estimate of drug-likeness (QED) is 0.792. The fourth-order valence-electron chi connectivity index (χ4n) is 1.81. The summed E-state index contributed by atoms with van der Waals surface area (Å²) in [5.74, 6) is -0.693. The van der Waals surface area contributed by atoms with E-state index in [2.05, 4.69) is 0 Å². The normalized spacial score (nSPS) is 23.4. The Kier molecular flexibility index (Phi) is 2.55. The summed E-state index contributed by atoms with van der Waals surface area (Å²) in [5, 5.41) is 9.13. The van der Waals surface area contributed by atoms with Gasteiger partial charge in [-0.25, -0.2) is 9.18 Å². The molecule has 1 aliphatic rings. The maximum atomic E-state index is 12.5. The molecule has 0 saturated heterocycles. The third kappa shape index (κ3) is 1.53. The van der Waals surface area contributed by atoms with E-state index in [1.165, 1.54) is 6.07 Å². The average Bonchev–Trinajstić information content (AvgIpc) is 2.29. The summed E-state index contributed by atoms with van der Waals surface area (Å²) in [6.45, 7) is -0.395. The molecule has 1 aromatic rings. The SMILES string of the molecule is N[C@]1(C(=O)O)CCOc2ccc(CF)cc21. The van der Waals surface area contributed by atoms with Crippen molar-refractivity contribution in [3.63, 3.8) is 0 Å². The predicted octanol–water partition coefficient (Wildman–Crippen LogP) is 1.18. The van der Waals surface area contributed by atoms with Crippen LogP contribution in [0.15, 0.2) is 18.2 Å². The second-order valence-corrected chi connectivity index (χ2v) is 3.84. The zero-order chi connectivity index (χ0) is 11.8. The van der Waals surface area contributed by atoms with Gasteiger partial charge in [-0.2, -0.15) is 0 Å². The van der Waals surface area contributed by atoms with Crippen molar-refractivity contribution >= 4 is 5.97 Å². The standard InChI is InChI=1S/C11H12FNO3/c12-6-7-1-2-9-8(5-7)11(13,10(14)15)3-4-16-9/h1-2,5H,3-4,6,13H2,(H,14,15)/t11-/m1/s1. The second-order valence-electron chi connectivity index (χ2n) is 3.84. The zero-order valence-corrected chi connectivity index (χ0v) is 8.57. The highest BCUT2D eigenvalue weighted by molar-refractivity contribution is 5.82. The number of ether oxygens (including phenoxy) is 1. The third-order valence-electron chi connectivity index (χ3n) is 2.81. The Hall–Kier alpha value is -1.62. The number of halogens is 1. The van der Waals surface area contributed by atoms with Crippen molar-refractivity contribution in [2.24, 2.45) is 5.73 Å². The summed E-state index contributed by atoms with van der Waals surface area (Å²) in [6, 6.07) is 4.59. The van der Waals surface area contributed by atoms with Gasteiger partial charge in [0.1, 0.15) is 18.0 Å². The van der Waals surface area contributed by atoms with Gasteiger partial charge in [-0.1, -0.05) is 6.07 Å². The molecule has 4 nitrogen and oxygen atoms in total. The summed E-state index contributed by atoms with van der Waals surface area (Å²) in [7, 11) is 0. The Labute approximate surface area is 91.8 Å². The van der Waals surface area contributed by atoms with E-state index in [-0.39, 0.29) is 13.0 Å². The van der Waals surface area contributed by atoms with Crippen molar-refractivity contribution in [2.75, 3.05) is 6.61 Å². The van der Waals surface area contributed by atoms with Gasteiger partial charge in [0.2, 0.25) is 0 Å². The van der Waals surface area contributed by atoms with Gasteiger partial charge >= 0.3 is 5.97 Å². The molecule has 1 heterocycles. The molecule has 0 bridgehead atoms. The first kappa shape index (κ1) is 10.9. The van der Waals surface area contributed by atoms with Crippen molar-refractivity contribution in [1.29, 1.82) is 0 Å². The van der Waals surface area contributed by atoms with Gasteiger partial charge in [-0.15, -0.1) is 0 Å². The molecule has 5 heteroatoms. The molecule has 0 aliphatic carbocycles. The fraction of sp³-hybridized carbons (Fsp3) is 0.364. The smallest absolute Gasteiger partial charge is 0.328 e. The van der Waals surface area contributed by atoms with E-state index in [4.69, 9.17) is 15.6 Å². The molecule has 0 saturated carbocycles. The first-order valence-corrected chi connectivity index (χ1v) is 4.92. The van der Waals surface area contributed by atoms with Crippen LogP contribution in [-0.4, -0.2) is 17.7 Å². The summed E-state index contributed by atoms with van der Waals surface area (Å²) >= 11 is 0. The molecule has 0 spiro atoms. The summed E-state index contributed by atoms with van der Waals surface area (Å²) in [4.78, 5) is 11.2. The lowest BCUT2D eigenvalue weighted by molar-refractivity contribution is -0.144. The van der Waals surface area contributed by atoms with Crippen LogP contribution < -0.4 is 10.5 Å². The van der Waals surface area contributed by atoms with Crippen LogP contribution in [0.3, 0.4) is 0 Å². The van der Waals surface area contributed by atoms with Gasteiger partial charge in [0.15, 0.2) is 0 Å². The maximum Gasteiger partial charge on any atom is 0.328 e. The van der Waals surface area contributed by atoms with E-state index < -0.39 is 18.2 Å². The minimum Gasteiger partial charge on any atom is -0.493 e. The number of hydrogen-bond donors (Lipinski definition) is 2. The second kappa shape index (κ2) is 3.75. The van der Waals surface area contributed by atoms with Gasteiger partial charge in [0, 0.05) is 12.0 Å². The topological polar surface area (TPSA) is 72.6 Å². The van der Waals surface area contributed by atoms with Crippen LogP contribution in [-0.2, 0) is 17.0 Å².